The summed E-state index contributed by atoms with van der Waals surface area (Å²) in [5.41, 5.74) is 6.12. The summed E-state index contributed by atoms with van der Waals surface area (Å²) in [6, 6.07) is 7.31. The van der Waals surface area contributed by atoms with Gasteiger partial charge in [0.2, 0.25) is 0 Å². The first kappa shape index (κ1) is 20.1. The first-order valence-electron chi connectivity index (χ1n) is 9.15. The monoisotopic (exact) mass is 400 g/mol. The maximum Gasteiger partial charge on any atom is 0.409 e. The molecule has 2 heterocycles. The number of hydrogen-bond acceptors (Lipinski definition) is 6. The summed E-state index contributed by atoms with van der Waals surface area (Å²) in [7, 11) is 0. The molecule has 1 aliphatic heterocycles. The van der Waals surface area contributed by atoms with E-state index in [1.165, 1.54) is 40.0 Å². The lowest BCUT2D eigenvalue weighted by molar-refractivity contribution is 0.0797. The molecule has 2 amide bonds. The number of nitrogens with one attached hydrogen (secondary N) is 1. The third-order valence-electron chi connectivity index (χ3n) is 4.72. The summed E-state index contributed by atoms with van der Waals surface area (Å²) in [5, 5.41) is 16.9. The summed E-state index contributed by atoms with van der Waals surface area (Å²) < 4.78 is 19.6. The van der Waals surface area contributed by atoms with Crippen molar-refractivity contribution in [2.45, 2.75) is 19.4 Å². The Morgan fingerprint density at radius 1 is 1.41 bits per heavy atom. The smallest absolute Gasteiger partial charge is 0.409 e. The Morgan fingerprint density at radius 3 is 2.76 bits per heavy atom. The van der Waals surface area contributed by atoms with Crippen molar-refractivity contribution in [3.05, 3.63) is 41.8 Å². The molecule has 0 spiro atoms. The van der Waals surface area contributed by atoms with Crippen molar-refractivity contribution >= 4 is 23.5 Å². The summed E-state index contributed by atoms with van der Waals surface area (Å²) in [6.07, 6.45) is 1.45. The molecular weight excluding hydrogens is 379 g/mol. The number of anilines is 2. The average Bonchev–Trinajstić information content (AvgIpc) is 3.13. The van der Waals surface area contributed by atoms with Crippen molar-refractivity contribution < 1.29 is 18.7 Å². The highest BCUT2D eigenvalue weighted by Gasteiger charge is 2.34. The first-order valence-corrected chi connectivity index (χ1v) is 9.15. The molecule has 1 aliphatic rings. The maximum atomic E-state index is 13.1. The summed E-state index contributed by atoms with van der Waals surface area (Å²) in [5.74, 6) is -1.31. The minimum absolute atomic E-state index is 0.124. The van der Waals surface area contributed by atoms with Crippen molar-refractivity contribution in [2.75, 3.05) is 25.0 Å². The van der Waals surface area contributed by atoms with E-state index in [1.54, 1.807) is 6.92 Å². The van der Waals surface area contributed by atoms with Crippen molar-refractivity contribution in [3.8, 4) is 6.07 Å². The molecule has 0 aliphatic carbocycles. The molecule has 1 fully saturated rings. The Labute approximate surface area is 166 Å². The van der Waals surface area contributed by atoms with Gasteiger partial charge in [0.05, 0.1) is 24.6 Å². The second kappa shape index (κ2) is 8.60. The van der Waals surface area contributed by atoms with Crippen LogP contribution in [0.5, 0.6) is 0 Å². The lowest BCUT2D eigenvalue weighted by Crippen LogP contribution is -2.44. The largest absolute Gasteiger partial charge is 0.450 e. The summed E-state index contributed by atoms with van der Waals surface area (Å²) >= 11 is 0. The van der Waals surface area contributed by atoms with E-state index in [0.717, 1.165) is 0 Å². The Kier molecular flexibility index (Phi) is 5.97. The fourth-order valence-electron chi connectivity index (χ4n) is 3.23. The van der Waals surface area contributed by atoms with Gasteiger partial charge in [-0.05, 0) is 37.6 Å². The zero-order valence-corrected chi connectivity index (χ0v) is 15.8. The van der Waals surface area contributed by atoms with Crippen LogP contribution in [-0.2, 0) is 4.74 Å². The third kappa shape index (κ3) is 4.45. The van der Waals surface area contributed by atoms with Crippen molar-refractivity contribution in [1.82, 2.24) is 14.7 Å². The molecule has 2 atom stereocenters. The second-order valence-electron chi connectivity index (χ2n) is 6.60. The van der Waals surface area contributed by atoms with Crippen LogP contribution in [0.2, 0.25) is 0 Å². The van der Waals surface area contributed by atoms with Gasteiger partial charge < -0.3 is 20.7 Å². The molecule has 1 saturated heterocycles. The van der Waals surface area contributed by atoms with Crippen LogP contribution in [0.15, 0.2) is 30.5 Å². The van der Waals surface area contributed by atoms with Crippen LogP contribution in [0.4, 0.5) is 20.7 Å². The number of nitrogens with two attached hydrogens (primary N) is 1. The third-order valence-corrected chi connectivity index (χ3v) is 4.72. The van der Waals surface area contributed by atoms with Gasteiger partial charge in [-0.2, -0.15) is 10.4 Å². The predicted octanol–water partition coefficient (Wildman–Crippen LogP) is 2.41. The molecule has 0 bridgehead atoms. The van der Waals surface area contributed by atoms with E-state index in [9.17, 15) is 19.2 Å². The number of primary amides is 1. The highest BCUT2D eigenvalue weighted by atomic mass is 19.1. The number of ether oxygens (including phenoxy) is 1. The zero-order valence-electron chi connectivity index (χ0n) is 15.8. The number of aromatic nitrogens is 2. The van der Waals surface area contributed by atoms with Gasteiger partial charge in [0.15, 0.2) is 5.82 Å². The molecule has 10 heteroatoms. The number of likely N-dealkylation sites (tertiary alicyclic amines) is 1. The molecular formula is C19H21FN6O3. The number of piperidine rings is 1. The molecule has 0 unspecified atom stereocenters. The SMILES string of the molecule is CCOC(=O)N1CC[C@H](C#N)[C@@H](n2cc(C(N)=O)c(Nc3ccc(F)cc3)n2)C1. The molecule has 0 saturated carbocycles. The van der Waals surface area contributed by atoms with E-state index >= 15 is 0 Å². The van der Waals surface area contributed by atoms with Crippen LogP contribution >= 0.6 is 0 Å². The van der Waals surface area contributed by atoms with Crippen LogP contribution in [0.3, 0.4) is 0 Å². The highest BCUT2D eigenvalue weighted by molar-refractivity contribution is 5.98. The molecule has 0 radical (unpaired) electrons. The van der Waals surface area contributed by atoms with Gasteiger partial charge in [-0.3, -0.25) is 9.48 Å². The number of carbonyl (C=O) groups is 2. The Balaban J connectivity index is 1.89. The average molecular weight is 400 g/mol. The molecule has 3 N–H and O–H groups in total. The number of halogens is 1. The number of rotatable bonds is 5. The quantitative estimate of drug-likeness (QED) is 0.794. The fraction of sp³-hybridized carbons (Fsp3) is 0.368. The molecule has 1 aromatic heterocycles. The van der Waals surface area contributed by atoms with Crippen molar-refractivity contribution in [3.63, 3.8) is 0 Å². The van der Waals surface area contributed by atoms with Crippen molar-refractivity contribution in [1.29, 1.82) is 5.26 Å². The molecule has 3 rings (SSSR count). The number of amides is 2. The van der Waals surface area contributed by atoms with Gasteiger partial charge >= 0.3 is 6.09 Å². The fourth-order valence-corrected chi connectivity index (χ4v) is 3.23. The molecule has 9 nitrogen and oxygen atoms in total. The van der Waals surface area contributed by atoms with Gasteiger partial charge in [-0.1, -0.05) is 0 Å². The topological polar surface area (TPSA) is 126 Å². The number of benzene rings is 1. The minimum Gasteiger partial charge on any atom is -0.450 e. The van der Waals surface area contributed by atoms with Gasteiger partial charge in [0.1, 0.15) is 11.4 Å². The van der Waals surface area contributed by atoms with Gasteiger partial charge in [0, 0.05) is 25.0 Å². The van der Waals surface area contributed by atoms with Crippen LogP contribution in [0, 0.1) is 23.1 Å². The zero-order chi connectivity index (χ0) is 21.0. The molecule has 29 heavy (non-hydrogen) atoms. The second-order valence-corrected chi connectivity index (χ2v) is 6.60. The lowest BCUT2D eigenvalue weighted by atomic mass is 9.93. The van der Waals surface area contributed by atoms with Crippen LogP contribution in [-0.4, -0.2) is 46.4 Å². The van der Waals surface area contributed by atoms with Gasteiger partial charge in [0.25, 0.3) is 5.91 Å². The molecule has 152 valence electrons. The Hall–Kier alpha value is -3.61. The van der Waals surface area contributed by atoms with Crippen LogP contribution < -0.4 is 11.1 Å². The minimum atomic E-state index is -0.701. The Morgan fingerprint density at radius 2 is 2.14 bits per heavy atom. The number of carbonyl (C=O) groups excluding carboxylic acids is 2. The summed E-state index contributed by atoms with van der Waals surface area (Å²) in [6.45, 7) is 2.59. The number of hydrogen-bond donors (Lipinski definition) is 2. The number of nitriles is 1. The van der Waals surface area contributed by atoms with Crippen LogP contribution in [0.25, 0.3) is 0 Å². The molecule has 2 aromatic rings. The standard InChI is InChI=1S/C19H21FN6O3/c1-2-29-19(28)25-8-7-12(9-21)16(11-25)26-10-15(17(22)27)18(24-26)23-14-5-3-13(20)4-6-14/h3-6,10,12,16H,2,7-8,11H2,1H3,(H2,22,27)(H,23,24)/t12-,16+/m1/s1. The normalized spacial score (nSPS) is 18.7. The lowest BCUT2D eigenvalue weighted by Gasteiger charge is -2.35. The maximum absolute atomic E-state index is 13.1. The van der Waals surface area contributed by atoms with E-state index in [1.807, 2.05) is 0 Å². The van der Waals surface area contributed by atoms with Crippen LogP contribution in [0.1, 0.15) is 29.7 Å². The van der Waals surface area contributed by atoms with Crippen molar-refractivity contribution in [2.24, 2.45) is 11.7 Å². The van der Waals surface area contributed by atoms with E-state index in [0.29, 0.717) is 18.7 Å². The van der Waals surface area contributed by atoms with Gasteiger partial charge in [-0.15, -0.1) is 0 Å². The highest BCUT2D eigenvalue weighted by Crippen LogP contribution is 2.30. The number of nitrogens with zero attached hydrogens (tertiary/aromatic N) is 4. The van der Waals surface area contributed by atoms with E-state index in [4.69, 9.17) is 10.5 Å². The van der Waals surface area contributed by atoms with E-state index in [2.05, 4.69) is 16.5 Å². The first-order chi connectivity index (χ1) is 13.9. The van der Waals surface area contributed by atoms with E-state index < -0.39 is 29.8 Å². The Bertz CT molecular complexity index is 936. The molecule has 1 aromatic carbocycles. The van der Waals surface area contributed by atoms with Gasteiger partial charge in [-0.25, -0.2) is 9.18 Å². The predicted molar refractivity (Wildman–Crippen MR) is 102 cm³/mol. The van der Waals surface area contributed by atoms with E-state index in [-0.39, 0.29) is 24.5 Å². The summed E-state index contributed by atoms with van der Waals surface area (Å²) in [4.78, 5) is 25.5.